The topological polar surface area (TPSA) is 23.9 Å². The van der Waals surface area contributed by atoms with Crippen LogP contribution in [-0.4, -0.2) is 5.71 Å². The molecule has 2 heteroatoms. The summed E-state index contributed by atoms with van der Waals surface area (Å²) < 4.78 is 0. The number of benzene rings is 1. The summed E-state index contributed by atoms with van der Waals surface area (Å²) in [6, 6.07) is 8.16. The van der Waals surface area contributed by atoms with Crippen molar-refractivity contribution in [3.8, 4) is 0 Å². The van der Waals surface area contributed by atoms with Gasteiger partial charge in [0, 0.05) is 5.71 Å². The monoisotopic (exact) mass is 197 g/mol. The van der Waals surface area contributed by atoms with Gasteiger partial charge in [0.2, 0.25) is 0 Å². The molecular weight excluding hydrogens is 182 g/mol. The molecule has 0 spiro atoms. The lowest BCUT2D eigenvalue weighted by atomic mass is 10.00. The first-order valence-corrected chi connectivity index (χ1v) is 4.45. The molecule has 1 nitrogen and oxygen atoms in total. The van der Waals surface area contributed by atoms with Crippen LogP contribution >= 0.6 is 12.4 Å². The zero-order chi connectivity index (χ0) is 8.97. The summed E-state index contributed by atoms with van der Waals surface area (Å²) in [7, 11) is 0. The largest absolute Gasteiger partial charge is 0.305 e. The van der Waals surface area contributed by atoms with Crippen LogP contribution in [0.3, 0.4) is 0 Å². The third-order valence-corrected chi connectivity index (χ3v) is 2.08. The van der Waals surface area contributed by atoms with Crippen LogP contribution in [0.2, 0.25) is 0 Å². The summed E-state index contributed by atoms with van der Waals surface area (Å²) in [5.41, 5.74) is 3.14. The Kier molecular flexibility index (Phi) is 5.40. The van der Waals surface area contributed by atoms with Gasteiger partial charge in [0.1, 0.15) is 0 Å². The summed E-state index contributed by atoms with van der Waals surface area (Å²) in [6.45, 7) is 4.15. The molecule has 0 aliphatic carbocycles. The Morgan fingerprint density at radius 1 is 1.23 bits per heavy atom. The minimum Gasteiger partial charge on any atom is -0.305 e. The predicted octanol–water partition coefficient (Wildman–Crippen LogP) is 3.45. The Labute approximate surface area is 86.1 Å². The second kappa shape index (κ2) is 5.76. The van der Waals surface area contributed by atoms with E-state index in [1.54, 1.807) is 0 Å². The first kappa shape index (κ1) is 12.2. The highest BCUT2D eigenvalue weighted by Gasteiger charge is 2.02. The van der Waals surface area contributed by atoms with Crippen molar-refractivity contribution in [2.24, 2.45) is 0 Å². The van der Waals surface area contributed by atoms with Gasteiger partial charge < -0.3 is 5.41 Å². The van der Waals surface area contributed by atoms with Crippen molar-refractivity contribution in [3.63, 3.8) is 0 Å². The minimum absolute atomic E-state index is 0. The van der Waals surface area contributed by atoms with Crippen LogP contribution in [0, 0.1) is 5.41 Å². The van der Waals surface area contributed by atoms with Gasteiger partial charge in [-0.25, -0.2) is 0 Å². The molecule has 0 aliphatic rings. The van der Waals surface area contributed by atoms with E-state index in [0.717, 1.165) is 24.1 Å². The first-order valence-electron chi connectivity index (χ1n) is 4.45. The Bertz CT molecular complexity index is 281. The average Bonchev–Trinajstić information content (AvgIpc) is 2.16. The molecule has 0 bridgehead atoms. The van der Waals surface area contributed by atoms with Gasteiger partial charge in [-0.1, -0.05) is 38.1 Å². The van der Waals surface area contributed by atoms with Gasteiger partial charge in [-0.3, -0.25) is 0 Å². The summed E-state index contributed by atoms with van der Waals surface area (Å²) in [4.78, 5) is 0. The van der Waals surface area contributed by atoms with E-state index in [0.29, 0.717) is 0 Å². The highest BCUT2D eigenvalue weighted by atomic mass is 35.5. The third-order valence-electron chi connectivity index (χ3n) is 2.08. The lowest BCUT2D eigenvalue weighted by molar-refractivity contribution is 1.12. The molecule has 72 valence electrons. The lowest BCUT2D eigenvalue weighted by Crippen LogP contribution is -2.00. The second-order valence-electron chi connectivity index (χ2n) is 2.84. The van der Waals surface area contributed by atoms with E-state index >= 15 is 0 Å². The molecule has 0 heterocycles. The summed E-state index contributed by atoms with van der Waals surface area (Å²) in [5.74, 6) is 0. The van der Waals surface area contributed by atoms with Crippen molar-refractivity contribution in [1.82, 2.24) is 0 Å². The molecule has 0 aromatic heterocycles. The van der Waals surface area contributed by atoms with Crippen LogP contribution in [0.25, 0.3) is 0 Å². The molecule has 0 saturated carbocycles. The van der Waals surface area contributed by atoms with Gasteiger partial charge in [-0.15, -0.1) is 12.4 Å². The van der Waals surface area contributed by atoms with Crippen molar-refractivity contribution in [3.05, 3.63) is 35.4 Å². The SMILES string of the molecule is CCC(=N)c1ccccc1CC.Cl. The Balaban J connectivity index is 0.00000144. The Morgan fingerprint density at radius 3 is 2.38 bits per heavy atom. The number of rotatable bonds is 3. The fourth-order valence-corrected chi connectivity index (χ4v) is 1.31. The van der Waals surface area contributed by atoms with E-state index in [-0.39, 0.29) is 12.4 Å². The zero-order valence-electron chi connectivity index (χ0n) is 8.13. The highest BCUT2D eigenvalue weighted by molar-refractivity contribution is 5.99. The van der Waals surface area contributed by atoms with Crippen LogP contribution in [-0.2, 0) is 6.42 Å². The van der Waals surface area contributed by atoms with Crippen molar-refractivity contribution in [1.29, 1.82) is 5.41 Å². The molecular formula is C11H16ClN. The normalized spacial score (nSPS) is 9.08. The maximum atomic E-state index is 7.72. The number of nitrogens with one attached hydrogen (secondary N) is 1. The summed E-state index contributed by atoms with van der Waals surface area (Å²) in [5, 5.41) is 7.72. The van der Waals surface area contributed by atoms with Gasteiger partial charge in [0.25, 0.3) is 0 Å². The molecule has 13 heavy (non-hydrogen) atoms. The van der Waals surface area contributed by atoms with Crippen LogP contribution in [0.1, 0.15) is 31.4 Å². The molecule has 1 rings (SSSR count). The molecule has 0 atom stereocenters. The van der Waals surface area contributed by atoms with Crippen LogP contribution in [0.4, 0.5) is 0 Å². The maximum absolute atomic E-state index is 7.72. The molecule has 1 aromatic carbocycles. The van der Waals surface area contributed by atoms with Gasteiger partial charge >= 0.3 is 0 Å². The minimum atomic E-state index is 0. The summed E-state index contributed by atoms with van der Waals surface area (Å²) in [6.07, 6.45) is 1.83. The fraction of sp³-hybridized carbons (Fsp3) is 0.364. The number of aryl methyl sites for hydroxylation is 1. The highest BCUT2D eigenvalue weighted by Crippen LogP contribution is 2.11. The van der Waals surface area contributed by atoms with E-state index in [2.05, 4.69) is 13.0 Å². The lowest BCUT2D eigenvalue weighted by Gasteiger charge is -2.06. The summed E-state index contributed by atoms with van der Waals surface area (Å²) >= 11 is 0. The Morgan fingerprint density at radius 2 is 1.85 bits per heavy atom. The number of halogens is 1. The third kappa shape index (κ3) is 2.85. The van der Waals surface area contributed by atoms with Crippen molar-refractivity contribution in [2.45, 2.75) is 26.7 Å². The second-order valence-corrected chi connectivity index (χ2v) is 2.84. The van der Waals surface area contributed by atoms with Crippen molar-refractivity contribution < 1.29 is 0 Å². The molecule has 0 unspecified atom stereocenters. The molecule has 1 N–H and O–H groups in total. The first-order chi connectivity index (χ1) is 5.79. The van der Waals surface area contributed by atoms with E-state index in [1.807, 2.05) is 25.1 Å². The van der Waals surface area contributed by atoms with Gasteiger partial charge in [-0.2, -0.15) is 0 Å². The van der Waals surface area contributed by atoms with Crippen LogP contribution in [0.15, 0.2) is 24.3 Å². The molecule has 0 amide bonds. The Hall–Kier alpha value is -0.820. The standard InChI is InChI=1S/C11H15N.ClH/c1-3-9-7-5-6-8-10(9)11(12)4-2;/h5-8,12H,3-4H2,1-2H3;1H. The maximum Gasteiger partial charge on any atom is 0.0386 e. The molecule has 0 fully saturated rings. The van der Waals surface area contributed by atoms with Crippen LogP contribution < -0.4 is 0 Å². The van der Waals surface area contributed by atoms with E-state index < -0.39 is 0 Å². The molecule has 0 radical (unpaired) electrons. The molecule has 0 aliphatic heterocycles. The predicted molar refractivity (Wildman–Crippen MR) is 60.2 cm³/mol. The smallest absolute Gasteiger partial charge is 0.0386 e. The van der Waals surface area contributed by atoms with Crippen LogP contribution in [0.5, 0.6) is 0 Å². The quantitative estimate of drug-likeness (QED) is 0.718. The average molecular weight is 198 g/mol. The van der Waals surface area contributed by atoms with E-state index in [4.69, 9.17) is 5.41 Å². The molecule has 1 aromatic rings. The zero-order valence-corrected chi connectivity index (χ0v) is 8.95. The van der Waals surface area contributed by atoms with Crippen molar-refractivity contribution in [2.75, 3.05) is 0 Å². The number of hydrogen-bond donors (Lipinski definition) is 1. The number of hydrogen-bond acceptors (Lipinski definition) is 1. The van der Waals surface area contributed by atoms with E-state index in [9.17, 15) is 0 Å². The van der Waals surface area contributed by atoms with Gasteiger partial charge in [-0.05, 0) is 24.0 Å². The molecule has 0 saturated heterocycles. The van der Waals surface area contributed by atoms with Gasteiger partial charge in [0.15, 0.2) is 0 Å². The van der Waals surface area contributed by atoms with E-state index in [1.165, 1.54) is 5.56 Å². The fourth-order valence-electron chi connectivity index (χ4n) is 1.31. The van der Waals surface area contributed by atoms with Gasteiger partial charge in [0.05, 0.1) is 0 Å². The van der Waals surface area contributed by atoms with Crippen molar-refractivity contribution >= 4 is 18.1 Å².